The van der Waals surface area contributed by atoms with Crippen molar-refractivity contribution in [2.45, 2.75) is 46.1 Å². The summed E-state index contributed by atoms with van der Waals surface area (Å²) in [4.78, 5) is 14.0. The van der Waals surface area contributed by atoms with E-state index in [1.54, 1.807) is 11.8 Å². The topological polar surface area (TPSA) is 78.6 Å². The average Bonchev–Trinajstić information content (AvgIpc) is 2.79. The van der Waals surface area contributed by atoms with Crippen LogP contribution in [0.3, 0.4) is 0 Å². The zero-order valence-corrected chi connectivity index (χ0v) is 12.3. The highest BCUT2D eigenvalue weighted by Gasteiger charge is 2.26. The molecule has 2 rings (SSSR count). The fourth-order valence-electron chi connectivity index (χ4n) is 2.59. The van der Waals surface area contributed by atoms with Gasteiger partial charge in [0.1, 0.15) is 11.4 Å². The number of amides is 2. The number of hydrogen-bond acceptors (Lipinski definition) is 4. The van der Waals surface area contributed by atoms with Gasteiger partial charge in [0, 0.05) is 13.1 Å². The SMILES string of the molecule is CCc1noc(C)c1NC(=O)N1CCC(C(C)O)CC1. The van der Waals surface area contributed by atoms with Crippen molar-refractivity contribution >= 4 is 11.7 Å². The largest absolute Gasteiger partial charge is 0.393 e. The normalized spacial score (nSPS) is 18.1. The van der Waals surface area contributed by atoms with Crippen LogP contribution < -0.4 is 5.32 Å². The Balaban J connectivity index is 1.94. The van der Waals surface area contributed by atoms with Crippen molar-refractivity contribution in [1.29, 1.82) is 0 Å². The molecule has 6 heteroatoms. The lowest BCUT2D eigenvalue weighted by atomic mass is 9.92. The monoisotopic (exact) mass is 281 g/mol. The molecule has 0 bridgehead atoms. The Hall–Kier alpha value is -1.56. The fourth-order valence-corrected chi connectivity index (χ4v) is 2.59. The summed E-state index contributed by atoms with van der Waals surface area (Å²) in [6.07, 6.45) is 2.10. The van der Waals surface area contributed by atoms with Crippen molar-refractivity contribution in [3.05, 3.63) is 11.5 Å². The average molecular weight is 281 g/mol. The second kappa shape index (κ2) is 6.26. The van der Waals surface area contributed by atoms with Crippen molar-refractivity contribution in [1.82, 2.24) is 10.1 Å². The van der Waals surface area contributed by atoms with Crippen molar-refractivity contribution in [2.24, 2.45) is 5.92 Å². The molecule has 0 radical (unpaired) electrons. The van der Waals surface area contributed by atoms with Gasteiger partial charge in [-0.3, -0.25) is 0 Å². The van der Waals surface area contributed by atoms with Gasteiger partial charge in [-0.15, -0.1) is 0 Å². The number of urea groups is 1. The number of hydrogen-bond donors (Lipinski definition) is 2. The Morgan fingerprint density at radius 2 is 2.20 bits per heavy atom. The molecule has 20 heavy (non-hydrogen) atoms. The minimum Gasteiger partial charge on any atom is -0.393 e. The van der Waals surface area contributed by atoms with Gasteiger partial charge < -0.3 is 19.8 Å². The van der Waals surface area contributed by atoms with E-state index in [4.69, 9.17) is 4.52 Å². The van der Waals surface area contributed by atoms with E-state index in [1.807, 2.05) is 13.8 Å². The zero-order chi connectivity index (χ0) is 14.7. The third-order valence-corrected chi connectivity index (χ3v) is 4.01. The first-order chi connectivity index (χ1) is 9.52. The van der Waals surface area contributed by atoms with E-state index in [-0.39, 0.29) is 12.1 Å². The van der Waals surface area contributed by atoms with Gasteiger partial charge >= 0.3 is 6.03 Å². The second-order valence-corrected chi connectivity index (χ2v) is 5.41. The maximum atomic E-state index is 12.2. The molecule has 1 atom stereocenters. The van der Waals surface area contributed by atoms with Crippen LogP contribution in [-0.2, 0) is 6.42 Å². The standard InChI is InChI=1S/C14H23N3O3/c1-4-12-13(10(3)20-16-12)15-14(19)17-7-5-11(6-8-17)9(2)18/h9,11,18H,4-8H2,1-3H3,(H,15,19). The molecule has 112 valence electrons. The summed E-state index contributed by atoms with van der Waals surface area (Å²) in [6.45, 7) is 6.93. The summed E-state index contributed by atoms with van der Waals surface area (Å²) in [5, 5.41) is 16.4. The van der Waals surface area contributed by atoms with E-state index in [0.717, 1.165) is 25.0 Å². The Labute approximate surface area is 119 Å². The maximum absolute atomic E-state index is 12.2. The van der Waals surface area contributed by atoms with Crippen molar-refractivity contribution in [3.8, 4) is 0 Å². The zero-order valence-electron chi connectivity index (χ0n) is 12.3. The highest BCUT2D eigenvalue weighted by Crippen LogP contribution is 2.23. The Kier molecular flexibility index (Phi) is 4.65. The van der Waals surface area contributed by atoms with E-state index in [2.05, 4.69) is 10.5 Å². The van der Waals surface area contributed by atoms with Crippen LogP contribution in [0.5, 0.6) is 0 Å². The molecule has 1 aliphatic rings. The lowest BCUT2D eigenvalue weighted by Crippen LogP contribution is -2.43. The third kappa shape index (κ3) is 3.12. The number of anilines is 1. The molecule has 1 saturated heterocycles. The van der Waals surface area contributed by atoms with Gasteiger partial charge in [-0.1, -0.05) is 12.1 Å². The van der Waals surface area contributed by atoms with Crippen molar-refractivity contribution < 1.29 is 14.4 Å². The fraction of sp³-hybridized carbons (Fsp3) is 0.714. The van der Waals surface area contributed by atoms with Gasteiger partial charge in [0.2, 0.25) is 0 Å². The summed E-state index contributed by atoms with van der Waals surface area (Å²) >= 11 is 0. The molecule has 0 aromatic carbocycles. The Morgan fingerprint density at radius 1 is 1.55 bits per heavy atom. The molecule has 1 unspecified atom stereocenters. The number of rotatable bonds is 3. The maximum Gasteiger partial charge on any atom is 0.321 e. The first kappa shape index (κ1) is 14.8. The summed E-state index contributed by atoms with van der Waals surface area (Å²) in [5.74, 6) is 0.927. The number of carbonyl (C=O) groups is 1. The molecule has 1 fully saturated rings. The van der Waals surface area contributed by atoms with Gasteiger partial charge in [-0.25, -0.2) is 4.79 Å². The predicted octanol–water partition coefficient (Wildman–Crippen LogP) is 2.17. The Bertz CT molecular complexity index is 462. The first-order valence-electron chi connectivity index (χ1n) is 7.22. The number of aliphatic hydroxyl groups excluding tert-OH is 1. The molecule has 1 aromatic heterocycles. The molecule has 1 aliphatic heterocycles. The number of piperidine rings is 1. The highest BCUT2D eigenvalue weighted by molar-refractivity contribution is 5.90. The molecule has 0 spiro atoms. The van der Waals surface area contributed by atoms with E-state index >= 15 is 0 Å². The minimum atomic E-state index is -0.299. The van der Waals surface area contributed by atoms with Crippen molar-refractivity contribution in [3.63, 3.8) is 0 Å². The number of likely N-dealkylation sites (tertiary alicyclic amines) is 1. The molecule has 2 N–H and O–H groups in total. The van der Waals surface area contributed by atoms with E-state index in [1.165, 1.54) is 0 Å². The van der Waals surface area contributed by atoms with Gasteiger partial charge in [0.05, 0.1) is 6.10 Å². The van der Waals surface area contributed by atoms with E-state index in [0.29, 0.717) is 30.5 Å². The van der Waals surface area contributed by atoms with E-state index < -0.39 is 0 Å². The molecular weight excluding hydrogens is 258 g/mol. The number of carbonyl (C=O) groups excluding carboxylic acids is 1. The number of aliphatic hydroxyl groups is 1. The molecule has 0 aliphatic carbocycles. The summed E-state index contributed by atoms with van der Waals surface area (Å²) in [5.41, 5.74) is 1.46. The van der Waals surface area contributed by atoms with Gasteiger partial charge in [-0.05, 0) is 39.0 Å². The number of nitrogens with zero attached hydrogens (tertiary/aromatic N) is 2. The number of aryl methyl sites for hydroxylation is 2. The molecule has 2 heterocycles. The van der Waals surface area contributed by atoms with Gasteiger partial charge in [-0.2, -0.15) is 0 Å². The smallest absolute Gasteiger partial charge is 0.321 e. The van der Waals surface area contributed by atoms with Crippen LogP contribution in [0.2, 0.25) is 0 Å². The lowest BCUT2D eigenvalue weighted by Gasteiger charge is -2.33. The minimum absolute atomic E-state index is 0.116. The molecule has 2 amide bonds. The highest BCUT2D eigenvalue weighted by atomic mass is 16.5. The van der Waals surface area contributed by atoms with Crippen LogP contribution in [0.1, 0.15) is 38.1 Å². The molecular formula is C14H23N3O3. The van der Waals surface area contributed by atoms with Crippen LogP contribution in [0.4, 0.5) is 10.5 Å². The van der Waals surface area contributed by atoms with Crippen LogP contribution in [0.25, 0.3) is 0 Å². The molecule has 1 aromatic rings. The van der Waals surface area contributed by atoms with E-state index in [9.17, 15) is 9.90 Å². The lowest BCUT2D eigenvalue weighted by molar-refractivity contribution is 0.0820. The number of nitrogens with one attached hydrogen (secondary N) is 1. The van der Waals surface area contributed by atoms with Crippen LogP contribution in [0.15, 0.2) is 4.52 Å². The van der Waals surface area contributed by atoms with Crippen LogP contribution in [-0.4, -0.2) is 40.4 Å². The van der Waals surface area contributed by atoms with Gasteiger partial charge in [0.25, 0.3) is 0 Å². The van der Waals surface area contributed by atoms with Crippen LogP contribution in [0, 0.1) is 12.8 Å². The summed E-state index contributed by atoms with van der Waals surface area (Å²) < 4.78 is 5.11. The number of aromatic nitrogens is 1. The predicted molar refractivity (Wildman–Crippen MR) is 75.6 cm³/mol. The second-order valence-electron chi connectivity index (χ2n) is 5.41. The van der Waals surface area contributed by atoms with Crippen molar-refractivity contribution in [2.75, 3.05) is 18.4 Å². The third-order valence-electron chi connectivity index (χ3n) is 4.01. The summed E-state index contributed by atoms with van der Waals surface area (Å²) in [6, 6.07) is -0.116. The molecule has 6 nitrogen and oxygen atoms in total. The Morgan fingerprint density at radius 3 is 2.75 bits per heavy atom. The van der Waals surface area contributed by atoms with Crippen LogP contribution >= 0.6 is 0 Å². The molecule has 0 saturated carbocycles. The first-order valence-corrected chi connectivity index (χ1v) is 7.22. The summed E-state index contributed by atoms with van der Waals surface area (Å²) in [7, 11) is 0. The quantitative estimate of drug-likeness (QED) is 0.890. The van der Waals surface area contributed by atoms with Gasteiger partial charge in [0.15, 0.2) is 5.76 Å².